The zero-order chi connectivity index (χ0) is 24.4. The Morgan fingerprint density at radius 3 is 2.27 bits per heavy atom. The second kappa shape index (κ2) is 12.4. The van der Waals surface area contributed by atoms with E-state index in [0.717, 1.165) is 17.5 Å². The van der Waals surface area contributed by atoms with Gasteiger partial charge in [0.25, 0.3) is 5.91 Å². The van der Waals surface area contributed by atoms with Crippen LogP contribution < -0.4 is 16.8 Å². The van der Waals surface area contributed by atoms with Crippen molar-refractivity contribution in [2.45, 2.75) is 52.0 Å². The SMILES string of the molecule is CCOC(=O)CC[C@H](NC(=O)c1ccc(C(CC)c2cnc(N)nc2N)cc1)C(=O)OCC. The second-order valence-electron chi connectivity index (χ2n) is 7.27. The molecular weight excluding hydrogens is 426 g/mol. The van der Waals surface area contributed by atoms with E-state index < -0.39 is 23.9 Å². The maximum atomic E-state index is 12.8. The van der Waals surface area contributed by atoms with Crippen LogP contribution in [0.15, 0.2) is 30.5 Å². The Morgan fingerprint density at radius 1 is 1.03 bits per heavy atom. The number of carbonyl (C=O) groups excluding carboxylic acids is 3. The fraction of sp³-hybridized carbons (Fsp3) is 0.435. The van der Waals surface area contributed by atoms with Gasteiger partial charge < -0.3 is 26.3 Å². The smallest absolute Gasteiger partial charge is 0.328 e. The molecule has 178 valence electrons. The minimum atomic E-state index is -0.961. The second-order valence-corrected chi connectivity index (χ2v) is 7.27. The van der Waals surface area contributed by atoms with Crippen LogP contribution in [0.5, 0.6) is 0 Å². The summed E-state index contributed by atoms with van der Waals surface area (Å²) in [6.07, 6.45) is 2.41. The van der Waals surface area contributed by atoms with Crippen molar-refractivity contribution in [3.8, 4) is 0 Å². The predicted octanol–water partition coefficient (Wildman–Crippen LogP) is 2.19. The summed E-state index contributed by atoms with van der Waals surface area (Å²) in [5.74, 6) is -1.14. The highest BCUT2D eigenvalue weighted by Gasteiger charge is 2.24. The first-order chi connectivity index (χ1) is 15.8. The Balaban J connectivity index is 2.14. The van der Waals surface area contributed by atoms with Crippen LogP contribution in [0.25, 0.3) is 0 Å². The van der Waals surface area contributed by atoms with E-state index in [1.165, 1.54) is 0 Å². The summed E-state index contributed by atoms with van der Waals surface area (Å²) in [5.41, 5.74) is 13.7. The van der Waals surface area contributed by atoms with Crippen LogP contribution in [0.2, 0.25) is 0 Å². The van der Waals surface area contributed by atoms with Gasteiger partial charge in [0.05, 0.1) is 13.2 Å². The largest absolute Gasteiger partial charge is 0.466 e. The average Bonchev–Trinajstić information content (AvgIpc) is 2.79. The number of nitrogens with two attached hydrogens (primary N) is 2. The van der Waals surface area contributed by atoms with Crippen LogP contribution in [0.4, 0.5) is 11.8 Å². The number of esters is 2. The van der Waals surface area contributed by atoms with Gasteiger partial charge >= 0.3 is 11.9 Å². The number of nitrogens with one attached hydrogen (secondary N) is 1. The number of nitrogens with zero attached hydrogens (tertiary/aromatic N) is 2. The predicted molar refractivity (Wildman–Crippen MR) is 123 cm³/mol. The lowest BCUT2D eigenvalue weighted by atomic mass is 9.89. The normalized spacial score (nSPS) is 12.5. The lowest BCUT2D eigenvalue weighted by Gasteiger charge is -2.19. The summed E-state index contributed by atoms with van der Waals surface area (Å²) in [4.78, 5) is 44.7. The van der Waals surface area contributed by atoms with E-state index >= 15 is 0 Å². The highest BCUT2D eigenvalue weighted by Crippen LogP contribution is 2.30. The van der Waals surface area contributed by atoms with Gasteiger partial charge in [-0.05, 0) is 44.4 Å². The summed E-state index contributed by atoms with van der Waals surface area (Å²) < 4.78 is 9.92. The molecule has 2 atom stereocenters. The van der Waals surface area contributed by atoms with Gasteiger partial charge in [-0.15, -0.1) is 0 Å². The quantitative estimate of drug-likeness (QED) is 0.430. The molecule has 1 unspecified atom stereocenters. The van der Waals surface area contributed by atoms with Crippen molar-refractivity contribution in [1.82, 2.24) is 15.3 Å². The van der Waals surface area contributed by atoms with Crippen LogP contribution in [-0.4, -0.2) is 47.1 Å². The van der Waals surface area contributed by atoms with E-state index in [1.807, 2.05) is 19.1 Å². The molecule has 0 radical (unpaired) electrons. The first-order valence-corrected chi connectivity index (χ1v) is 10.9. The Kier molecular flexibility index (Phi) is 9.59. The molecule has 0 spiro atoms. The number of hydrogen-bond acceptors (Lipinski definition) is 9. The van der Waals surface area contributed by atoms with Crippen molar-refractivity contribution in [3.05, 3.63) is 47.2 Å². The lowest BCUT2D eigenvalue weighted by molar-refractivity contribution is -0.146. The Bertz CT molecular complexity index is 964. The maximum absolute atomic E-state index is 12.8. The minimum Gasteiger partial charge on any atom is -0.466 e. The fourth-order valence-corrected chi connectivity index (χ4v) is 3.42. The van der Waals surface area contributed by atoms with E-state index in [-0.39, 0.29) is 37.9 Å². The molecule has 10 nitrogen and oxygen atoms in total. The van der Waals surface area contributed by atoms with E-state index in [9.17, 15) is 14.4 Å². The third-order valence-corrected chi connectivity index (χ3v) is 5.04. The standard InChI is InChI=1S/C23H31N5O5/c1-4-16(17-13-26-23(25)28-20(17)24)14-7-9-15(10-8-14)21(30)27-18(22(31)33-6-3)11-12-19(29)32-5-2/h7-10,13,16,18H,4-6,11-12H2,1-3H3,(H,27,30)(H4,24,25,26,28)/t16?,18-/m0/s1. The van der Waals surface area contributed by atoms with Crippen molar-refractivity contribution in [2.24, 2.45) is 0 Å². The third kappa shape index (κ3) is 7.16. The van der Waals surface area contributed by atoms with Gasteiger partial charge in [-0.25, -0.2) is 9.78 Å². The van der Waals surface area contributed by atoms with E-state index in [1.54, 1.807) is 32.2 Å². The molecule has 0 fully saturated rings. The van der Waals surface area contributed by atoms with Gasteiger partial charge in [0, 0.05) is 29.7 Å². The molecule has 33 heavy (non-hydrogen) atoms. The topological polar surface area (TPSA) is 160 Å². The third-order valence-electron chi connectivity index (χ3n) is 5.04. The number of benzene rings is 1. The number of anilines is 2. The molecule has 0 aliphatic heterocycles. The summed E-state index contributed by atoms with van der Waals surface area (Å²) in [6.45, 7) is 5.78. The molecule has 0 bridgehead atoms. The molecule has 1 amide bonds. The van der Waals surface area contributed by atoms with Gasteiger partial charge in [0.2, 0.25) is 5.95 Å². The monoisotopic (exact) mass is 457 g/mol. The molecule has 1 heterocycles. The zero-order valence-electron chi connectivity index (χ0n) is 19.2. The molecule has 1 aromatic heterocycles. The molecule has 0 aliphatic carbocycles. The van der Waals surface area contributed by atoms with Gasteiger partial charge in [0.1, 0.15) is 11.9 Å². The van der Waals surface area contributed by atoms with E-state index in [0.29, 0.717) is 11.4 Å². The molecule has 10 heteroatoms. The number of nitrogen functional groups attached to an aromatic ring is 2. The van der Waals surface area contributed by atoms with Gasteiger partial charge in [-0.3, -0.25) is 9.59 Å². The Morgan fingerprint density at radius 2 is 1.70 bits per heavy atom. The highest BCUT2D eigenvalue weighted by molar-refractivity contribution is 5.96. The van der Waals surface area contributed by atoms with Crippen molar-refractivity contribution in [2.75, 3.05) is 24.7 Å². The average molecular weight is 458 g/mol. The van der Waals surface area contributed by atoms with Crippen LogP contribution in [0.3, 0.4) is 0 Å². The Hall–Kier alpha value is -3.69. The maximum Gasteiger partial charge on any atom is 0.328 e. The van der Waals surface area contributed by atoms with Crippen LogP contribution >= 0.6 is 0 Å². The zero-order valence-corrected chi connectivity index (χ0v) is 19.2. The van der Waals surface area contributed by atoms with Crippen molar-refractivity contribution in [3.63, 3.8) is 0 Å². The fourth-order valence-electron chi connectivity index (χ4n) is 3.42. The van der Waals surface area contributed by atoms with E-state index in [4.69, 9.17) is 20.9 Å². The summed E-state index contributed by atoms with van der Waals surface area (Å²) in [6, 6.07) is 6.00. The molecule has 2 aromatic rings. The van der Waals surface area contributed by atoms with E-state index in [2.05, 4.69) is 15.3 Å². The summed E-state index contributed by atoms with van der Waals surface area (Å²) in [7, 11) is 0. The first kappa shape index (κ1) is 25.6. The summed E-state index contributed by atoms with van der Waals surface area (Å²) in [5, 5.41) is 2.65. The number of hydrogen-bond donors (Lipinski definition) is 3. The Labute approximate surface area is 193 Å². The number of ether oxygens (including phenoxy) is 2. The molecule has 0 aliphatic rings. The number of rotatable bonds is 11. The van der Waals surface area contributed by atoms with Crippen molar-refractivity contribution in [1.29, 1.82) is 0 Å². The molecular formula is C23H31N5O5. The minimum absolute atomic E-state index is 0.0141. The first-order valence-electron chi connectivity index (χ1n) is 10.9. The molecule has 0 saturated heterocycles. The van der Waals surface area contributed by atoms with Crippen LogP contribution in [-0.2, 0) is 19.1 Å². The molecule has 5 N–H and O–H groups in total. The van der Waals surface area contributed by atoms with Gasteiger partial charge in [0.15, 0.2) is 0 Å². The highest BCUT2D eigenvalue weighted by atomic mass is 16.5. The van der Waals surface area contributed by atoms with Gasteiger partial charge in [-0.2, -0.15) is 4.98 Å². The lowest BCUT2D eigenvalue weighted by Crippen LogP contribution is -2.42. The van der Waals surface area contributed by atoms with Crippen LogP contribution in [0, 0.1) is 0 Å². The van der Waals surface area contributed by atoms with Crippen LogP contribution in [0.1, 0.15) is 67.4 Å². The molecule has 2 rings (SSSR count). The van der Waals surface area contributed by atoms with Crippen molar-refractivity contribution < 1.29 is 23.9 Å². The number of aromatic nitrogens is 2. The molecule has 1 aromatic carbocycles. The van der Waals surface area contributed by atoms with Gasteiger partial charge in [-0.1, -0.05) is 19.1 Å². The number of carbonyl (C=O) groups is 3. The molecule has 0 saturated carbocycles. The number of amides is 1. The summed E-state index contributed by atoms with van der Waals surface area (Å²) >= 11 is 0. The van der Waals surface area contributed by atoms with Crippen molar-refractivity contribution >= 4 is 29.6 Å².